The summed E-state index contributed by atoms with van der Waals surface area (Å²) >= 11 is 5.61. The Kier molecular flexibility index (Phi) is 1.77. The molecule has 0 spiro atoms. The van der Waals surface area contributed by atoms with Gasteiger partial charge in [0.05, 0.1) is 0 Å². The molecule has 1 heterocycles. The molecule has 1 aromatic rings. The van der Waals surface area contributed by atoms with Crippen LogP contribution in [-0.2, 0) is 0 Å². The van der Waals surface area contributed by atoms with E-state index in [4.69, 9.17) is 11.6 Å². The fraction of sp³-hybridized carbons (Fsp3) is 0.167. The van der Waals surface area contributed by atoms with Gasteiger partial charge in [-0.2, -0.15) is 0 Å². The number of pyridine rings is 1. The van der Waals surface area contributed by atoms with Crippen LogP contribution >= 0.6 is 11.6 Å². The Morgan fingerprint density at radius 1 is 1.67 bits per heavy atom. The summed E-state index contributed by atoms with van der Waals surface area (Å²) in [6.07, 6.45) is 1.78. The standard InChI is InChI=1S/C6H7BClN/c1-4-2-6(8)9-3-5(4)7/h2-3H,7H2,1H3. The molecule has 3 heteroatoms. The quantitative estimate of drug-likeness (QED) is 0.372. The molecule has 1 nitrogen and oxygen atoms in total. The molecule has 0 aliphatic carbocycles. The van der Waals surface area contributed by atoms with E-state index in [0.29, 0.717) is 5.15 Å². The zero-order valence-corrected chi connectivity index (χ0v) is 6.24. The van der Waals surface area contributed by atoms with Crippen molar-refractivity contribution in [2.75, 3.05) is 0 Å². The third kappa shape index (κ3) is 1.45. The summed E-state index contributed by atoms with van der Waals surface area (Å²) in [4.78, 5) is 3.90. The van der Waals surface area contributed by atoms with Gasteiger partial charge in [0, 0.05) is 6.20 Å². The lowest BCUT2D eigenvalue weighted by atomic mass is 9.94. The number of hydrogen-bond donors (Lipinski definition) is 0. The van der Waals surface area contributed by atoms with Crippen LogP contribution in [0.5, 0.6) is 0 Å². The van der Waals surface area contributed by atoms with E-state index in [-0.39, 0.29) is 0 Å². The monoisotopic (exact) mass is 139 g/mol. The Hall–Kier alpha value is -0.495. The highest BCUT2D eigenvalue weighted by molar-refractivity contribution is 6.34. The number of halogens is 1. The van der Waals surface area contributed by atoms with Gasteiger partial charge in [-0.1, -0.05) is 22.6 Å². The van der Waals surface area contributed by atoms with Crippen molar-refractivity contribution < 1.29 is 0 Å². The molecule has 0 aliphatic heterocycles. The predicted octanol–water partition coefficient (Wildman–Crippen LogP) is 0.302. The zero-order valence-electron chi connectivity index (χ0n) is 5.48. The highest BCUT2D eigenvalue weighted by Gasteiger charge is 1.91. The van der Waals surface area contributed by atoms with Crippen LogP contribution in [0.3, 0.4) is 0 Å². The second kappa shape index (κ2) is 2.40. The average molecular weight is 139 g/mol. The van der Waals surface area contributed by atoms with Gasteiger partial charge < -0.3 is 0 Å². The number of hydrogen-bond acceptors (Lipinski definition) is 1. The third-order valence-corrected chi connectivity index (χ3v) is 1.55. The van der Waals surface area contributed by atoms with Crippen LogP contribution < -0.4 is 5.46 Å². The van der Waals surface area contributed by atoms with E-state index in [0.717, 1.165) is 0 Å². The lowest BCUT2D eigenvalue weighted by Gasteiger charge is -1.96. The molecular formula is C6H7BClN. The van der Waals surface area contributed by atoms with Crippen LogP contribution in [-0.4, -0.2) is 12.8 Å². The van der Waals surface area contributed by atoms with Crippen molar-refractivity contribution in [1.82, 2.24) is 4.98 Å². The van der Waals surface area contributed by atoms with Crippen LogP contribution in [0.25, 0.3) is 0 Å². The molecule has 0 aromatic carbocycles. The molecule has 0 atom stereocenters. The largest absolute Gasteiger partial charge is 0.245 e. The van der Waals surface area contributed by atoms with Crippen molar-refractivity contribution in [3.63, 3.8) is 0 Å². The molecule has 1 rings (SSSR count). The van der Waals surface area contributed by atoms with E-state index in [9.17, 15) is 0 Å². The molecule has 0 unspecified atom stereocenters. The third-order valence-electron chi connectivity index (χ3n) is 1.34. The number of aromatic nitrogens is 1. The van der Waals surface area contributed by atoms with Crippen molar-refractivity contribution >= 4 is 24.9 Å². The summed E-state index contributed by atoms with van der Waals surface area (Å²) in [5.74, 6) is 0. The Bertz CT molecular complexity index is 224. The predicted molar refractivity (Wildman–Crippen MR) is 42.2 cm³/mol. The van der Waals surface area contributed by atoms with Gasteiger partial charge in [-0.3, -0.25) is 0 Å². The lowest BCUT2D eigenvalue weighted by molar-refractivity contribution is 1.31. The molecule has 0 N–H and O–H groups in total. The molecule has 0 fully saturated rings. The second-order valence-electron chi connectivity index (χ2n) is 2.09. The van der Waals surface area contributed by atoms with E-state index in [1.165, 1.54) is 11.0 Å². The summed E-state index contributed by atoms with van der Waals surface area (Å²) < 4.78 is 0. The number of nitrogens with zero attached hydrogens (tertiary/aromatic N) is 1. The molecule has 0 amide bonds. The minimum absolute atomic E-state index is 0.568. The maximum atomic E-state index is 5.61. The minimum atomic E-state index is 0.568. The highest BCUT2D eigenvalue weighted by atomic mass is 35.5. The van der Waals surface area contributed by atoms with Crippen molar-refractivity contribution in [3.8, 4) is 0 Å². The van der Waals surface area contributed by atoms with E-state index >= 15 is 0 Å². The molecule has 0 bridgehead atoms. The maximum Gasteiger partial charge on any atom is 0.141 e. The van der Waals surface area contributed by atoms with E-state index < -0.39 is 0 Å². The molecule has 0 radical (unpaired) electrons. The molecule has 1 aromatic heterocycles. The van der Waals surface area contributed by atoms with E-state index in [1.54, 1.807) is 6.20 Å². The fourth-order valence-corrected chi connectivity index (χ4v) is 0.803. The highest BCUT2D eigenvalue weighted by Crippen LogP contribution is 2.02. The SMILES string of the molecule is Bc1cnc(Cl)cc1C. The first kappa shape index (κ1) is 6.62. The number of aryl methyl sites for hydroxylation is 1. The summed E-state index contributed by atoms with van der Waals surface area (Å²) in [5, 5.41) is 0.568. The Labute approximate surface area is 60.5 Å². The fourth-order valence-electron chi connectivity index (χ4n) is 0.590. The van der Waals surface area contributed by atoms with E-state index in [1.807, 2.05) is 20.8 Å². The van der Waals surface area contributed by atoms with Gasteiger partial charge in [-0.05, 0) is 13.0 Å². The topological polar surface area (TPSA) is 12.9 Å². The van der Waals surface area contributed by atoms with Gasteiger partial charge in [-0.15, -0.1) is 0 Å². The molecule has 46 valence electrons. The Morgan fingerprint density at radius 2 is 2.33 bits per heavy atom. The average Bonchev–Trinajstić information content (AvgIpc) is 1.80. The van der Waals surface area contributed by atoms with Crippen LogP contribution in [0.15, 0.2) is 12.3 Å². The van der Waals surface area contributed by atoms with Crippen molar-refractivity contribution in [1.29, 1.82) is 0 Å². The van der Waals surface area contributed by atoms with Gasteiger partial charge in [0.2, 0.25) is 0 Å². The van der Waals surface area contributed by atoms with Gasteiger partial charge in [0.15, 0.2) is 0 Å². The molecule has 0 saturated heterocycles. The summed E-state index contributed by atoms with van der Waals surface area (Å²) in [5.41, 5.74) is 2.37. The van der Waals surface area contributed by atoms with Crippen LogP contribution in [0, 0.1) is 6.92 Å². The maximum absolute atomic E-state index is 5.61. The lowest BCUT2D eigenvalue weighted by Crippen LogP contribution is -2.07. The van der Waals surface area contributed by atoms with Gasteiger partial charge >= 0.3 is 0 Å². The zero-order chi connectivity index (χ0) is 6.85. The first-order valence-corrected chi connectivity index (χ1v) is 3.16. The summed E-state index contributed by atoms with van der Waals surface area (Å²) in [7, 11) is 2.01. The Morgan fingerprint density at radius 3 is 2.78 bits per heavy atom. The minimum Gasteiger partial charge on any atom is -0.245 e. The second-order valence-corrected chi connectivity index (χ2v) is 2.48. The molecule has 0 aliphatic rings. The molecule has 9 heavy (non-hydrogen) atoms. The normalized spacial score (nSPS) is 9.56. The molecule has 0 saturated carbocycles. The smallest absolute Gasteiger partial charge is 0.141 e. The number of rotatable bonds is 0. The Balaban J connectivity index is 3.17. The van der Waals surface area contributed by atoms with Crippen molar-refractivity contribution in [2.45, 2.75) is 6.92 Å². The van der Waals surface area contributed by atoms with Crippen LogP contribution in [0.2, 0.25) is 5.15 Å². The van der Waals surface area contributed by atoms with Crippen LogP contribution in [0.1, 0.15) is 5.56 Å². The van der Waals surface area contributed by atoms with Crippen molar-refractivity contribution in [2.24, 2.45) is 0 Å². The van der Waals surface area contributed by atoms with E-state index in [2.05, 4.69) is 4.98 Å². The molecular weight excluding hydrogens is 132 g/mol. The van der Waals surface area contributed by atoms with Gasteiger partial charge in [-0.25, -0.2) is 4.98 Å². The summed E-state index contributed by atoms with van der Waals surface area (Å²) in [6, 6.07) is 1.86. The van der Waals surface area contributed by atoms with Crippen LogP contribution in [0.4, 0.5) is 0 Å². The van der Waals surface area contributed by atoms with Gasteiger partial charge in [0.25, 0.3) is 0 Å². The van der Waals surface area contributed by atoms with Gasteiger partial charge in [0.1, 0.15) is 13.0 Å². The first-order valence-electron chi connectivity index (χ1n) is 2.79. The first-order chi connectivity index (χ1) is 4.20. The summed E-state index contributed by atoms with van der Waals surface area (Å²) in [6.45, 7) is 2.02. The van der Waals surface area contributed by atoms with Crippen molar-refractivity contribution in [3.05, 3.63) is 23.0 Å².